The molecule has 1 aliphatic rings. The number of nitrogens with zero attached hydrogens (tertiary/aromatic N) is 1. The van der Waals surface area contributed by atoms with Crippen molar-refractivity contribution in [2.75, 3.05) is 13.1 Å². The number of amides is 1. The second-order valence-electron chi connectivity index (χ2n) is 5.62. The Morgan fingerprint density at radius 3 is 2.74 bits per heavy atom. The van der Waals surface area contributed by atoms with E-state index in [9.17, 15) is 18.0 Å². The number of aliphatic carboxylic acids is 1. The molecule has 2 rings (SSSR count). The minimum absolute atomic E-state index is 0.0172. The summed E-state index contributed by atoms with van der Waals surface area (Å²) >= 11 is 1.18. The molecule has 0 aliphatic carbocycles. The summed E-state index contributed by atoms with van der Waals surface area (Å²) in [5.41, 5.74) is 0. The molecule has 1 amide bonds. The van der Waals surface area contributed by atoms with Crippen molar-refractivity contribution in [3.8, 4) is 0 Å². The fourth-order valence-electron chi connectivity index (χ4n) is 2.41. The first-order valence-electron chi connectivity index (χ1n) is 7.32. The predicted molar refractivity (Wildman–Crippen MR) is 85.8 cm³/mol. The van der Waals surface area contributed by atoms with Crippen LogP contribution in [0, 0.1) is 12.8 Å². The molecule has 0 spiro atoms. The maximum Gasteiger partial charge on any atom is 0.308 e. The minimum Gasteiger partial charge on any atom is -0.481 e. The summed E-state index contributed by atoms with van der Waals surface area (Å²) in [6, 6.07) is 2.51. The van der Waals surface area contributed by atoms with Gasteiger partial charge in [0.2, 0.25) is 5.91 Å². The van der Waals surface area contributed by atoms with Gasteiger partial charge in [0.15, 0.2) is 0 Å². The molecule has 2 atom stereocenters. The van der Waals surface area contributed by atoms with Gasteiger partial charge in [0.25, 0.3) is 10.0 Å². The zero-order chi connectivity index (χ0) is 17.2. The van der Waals surface area contributed by atoms with E-state index >= 15 is 0 Å². The number of carbonyl (C=O) groups is 2. The summed E-state index contributed by atoms with van der Waals surface area (Å²) in [7, 11) is -3.69. The topological polar surface area (TPSA) is 104 Å². The number of sulfonamides is 1. The lowest BCUT2D eigenvalue weighted by atomic mass is 10.1. The van der Waals surface area contributed by atoms with E-state index in [0.29, 0.717) is 19.4 Å². The van der Waals surface area contributed by atoms with Gasteiger partial charge in [0.05, 0.1) is 5.92 Å². The van der Waals surface area contributed by atoms with Crippen molar-refractivity contribution < 1.29 is 23.1 Å². The summed E-state index contributed by atoms with van der Waals surface area (Å²) < 4.78 is 26.8. The molecular weight excluding hydrogens is 340 g/mol. The highest BCUT2D eigenvalue weighted by molar-refractivity contribution is 7.91. The van der Waals surface area contributed by atoms with Crippen molar-refractivity contribution in [3.63, 3.8) is 0 Å². The summed E-state index contributed by atoms with van der Waals surface area (Å²) in [5, 5.41) is 11.4. The van der Waals surface area contributed by atoms with Gasteiger partial charge in [-0.1, -0.05) is 6.92 Å². The molecule has 1 saturated heterocycles. The molecule has 0 saturated carbocycles. The SMILES string of the molecule is Cc1ccc(S(=O)(=O)N2CCCC2C(=O)NCC(C)C(=O)O)s1. The normalized spacial score (nSPS) is 20.3. The van der Waals surface area contributed by atoms with Crippen LogP contribution >= 0.6 is 11.3 Å². The number of thiophene rings is 1. The van der Waals surface area contributed by atoms with Gasteiger partial charge in [0, 0.05) is 18.0 Å². The Labute approximate surface area is 139 Å². The van der Waals surface area contributed by atoms with Gasteiger partial charge >= 0.3 is 5.97 Å². The molecule has 2 N–H and O–H groups in total. The van der Waals surface area contributed by atoms with Gasteiger partial charge < -0.3 is 10.4 Å². The van der Waals surface area contributed by atoms with E-state index in [-0.39, 0.29) is 10.8 Å². The van der Waals surface area contributed by atoms with Crippen LogP contribution in [0.1, 0.15) is 24.6 Å². The molecule has 1 fully saturated rings. The molecule has 23 heavy (non-hydrogen) atoms. The highest BCUT2D eigenvalue weighted by Gasteiger charge is 2.40. The standard InChI is InChI=1S/C14H20N2O5S2/c1-9(14(18)19)8-15-13(17)11-4-3-7-16(11)23(20,21)12-6-5-10(2)22-12/h5-6,9,11H,3-4,7-8H2,1-2H3,(H,15,17)(H,18,19). The summed E-state index contributed by atoms with van der Waals surface area (Å²) in [4.78, 5) is 23.9. The monoisotopic (exact) mass is 360 g/mol. The Bertz CT molecular complexity index is 698. The predicted octanol–water partition coefficient (Wildman–Crippen LogP) is 1.05. The molecule has 0 aromatic carbocycles. The Morgan fingerprint density at radius 2 is 2.17 bits per heavy atom. The summed E-state index contributed by atoms with van der Waals surface area (Å²) in [5.74, 6) is -2.16. The number of nitrogens with one attached hydrogen (secondary N) is 1. The maximum atomic E-state index is 12.7. The van der Waals surface area contributed by atoms with Crippen LogP contribution in [-0.4, -0.2) is 48.8 Å². The molecule has 7 nitrogen and oxygen atoms in total. The van der Waals surface area contributed by atoms with Crippen molar-refractivity contribution in [2.45, 2.75) is 36.9 Å². The second-order valence-corrected chi connectivity index (χ2v) is 9.03. The highest BCUT2D eigenvalue weighted by Crippen LogP contribution is 2.30. The Kier molecular flexibility index (Phi) is 5.43. The van der Waals surface area contributed by atoms with Crippen molar-refractivity contribution in [2.24, 2.45) is 5.92 Å². The summed E-state index contributed by atoms with van der Waals surface area (Å²) in [6.45, 7) is 3.59. The summed E-state index contributed by atoms with van der Waals surface area (Å²) in [6.07, 6.45) is 1.05. The quantitative estimate of drug-likeness (QED) is 0.789. The van der Waals surface area contributed by atoms with E-state index < -0.39 is 33.9 Å². The number of hydrogen-bond acceptors (Lipinski definition) is 5. The van der Waals surface area contributed by atoms with Gasteiger partial charge in [-0.05, 0) is 31.9 Å². The van der Waals surface area contributed by atoms with Gasteiger partial charge in [-0.15, -0.1) is 11.3 Å². The van der Waals surface area contributed by atoms with Gasteiger partial charge in [-0.25, -0.2) is 8.42 Å². The molecule has 0 bridgehead atoms. The fourth-order valence-corrected chi connectivity index (χ4v) is 5.48. The van der Waals surface area contributed by atoms with Crippen molar-refractivity contribution in [1.29, 1.82) is 0 Å². The van der Waals surface area contributed by atoms with Crippen molar-refractivity contribution in [3.05, 3.63) is 17.0 Å². The van der Waals surface area contributed by atoms with E-state index in [1.807, 2.05) is 6.92 Å². The molecule has 128 valence electrons. The Balaban J connectivity index is 2.10. The Morgan fingerprint density at radius 1 is 1.48 bits per heavy atom. The molecule has 9 heteroatoms. The molecule has 0 radical (unpaired) electrons. The first kappa shape index (κ1) is 17.9. The van der Waals surface area contributed by atoms with E-state index in [2.05, 4.69) is 5.32 Å². The smallest absolute Gasteiger partial charge is 0.308 e. The molecular formula is C14H20N2O5S2. The third kappa shape index (κ3) is 3.91. The number of hydrogen-bond donors (Lipinski definition) is 2. The number of carboxylic acids is 1. The first-order chi connectivity index (χ1) is 10.7. The first-order valence-corrected chi connectivity index (χ1v) is 9.58. The van der Waals surface area contributed by atoms with E-state index in [1.165, 1.54) is 22.6 Å². The lowest BCUT2D eigenvalue weighted by Gasteiger charge is -2.23. The van der Waals surface area contributed by atoms with Gasteiger partial charge in [0.1, 0.15) is 10.3 Å². The van der Waals surface area contributed by atoms with Crippen molar-refractivity contribution >= 4 is 33.2 Å². The third-order valence-electron chi connectivity index (χ3n) is 3.79. The van der Waals surface area contributed by atoms with Crippen LogP contribution in [0.5, 0.6) is 0 Å². The number of carbonyl (C=O) groups excluding carboxylic acids is 1. The average molecular weight is 360 g/mol. The molecule has 2 heterocycles. The van der Waals surface area contributed by atoms with E-state index in [0.717, 1.165) is 4.88 Å². The van der Waals surface area contributed by atoms with Crippen LogP contribution in [0.2, 0.25) is 0 Å². The molecule has 1 aliphatic heterocycles. The van der Waals surface area contributed by atoms with Crippen LogP contribution < -0.4 is 5.32 Å². The zero-order valence-electron chi connectivity index (χ0n) is 13.0. The lowest BCUT2D eigenvalue weighted by Crippen LogP contribution is -2.47. The minimum atomic E-state index is -3.69. The molecule has 1 aromatic heterocycles. The van der Waals surface area contributed by atoms with Crippen molar-refractivity contribution in [1.82, 2.24) is 9.62 Å². The highest BCUT2D eigenvalue weighted by atomic mass is 32.2. The van der Waals surface area contributed by atoms with Gasteiger partial charge in [-0.2, -0.15) is 4.31 Å². The molecule has 1 aromatic rings. The van der Waals surface area contributed by atoms with Gasteiger partial charge in [-0.3, -0.25) is 9.59 Å². The Hall–Kier alpha value is -1.45. The average Bonchev–Trinajstić information content (AvgIpc) is 3.13. The number of rotatable bonds is 6. The van der Waals surface area contributed by atoms with Crippen LogP contribution in [-0.2, 0) is 19.6 Å². The number of aryl methyl sites for hydroxylation is 1. The van der Waals surface area contributed by atoms with E-state index in [4.69, 9.17) is 5.11 Å². The van der Waals surface area contributed by atoms with Crippen LogP contribution in [0.15, 0.2) is 16.3 Å². The zero-order valence-corrected chi connectivity index (χ0v) is 14.6. The largest absolute Gasteiger partial charge is 0.481 e. The van der Waals surface area contributed by atoms with E-state index in [1.54, 1.807) is 12.1 Å². The maximum absolute atomic E-state index is 12.7. The van der Waals surface area contributed by atoms with Crippen LogP contribution in [0.3, 0.4) is 0 Å². The molecule has 2 unspecified atom stereocenters. The lowest BCUT2D eigenvalue weighted by molar-refractivity contribution is -0.141. The fraction of sp³-hybridized carbons (Fsp3) is 0.571. The third-order valence-corrected chi connectivity index (χ3v) is 7.17. The van der Waals surface area contributed by atoms with Crippen LogP contribution in [0.25, 0.3) is 0 Å². The van der Waals surface area contributed by atoms with Crippen LogP contribution in [0.4, 0.5) is 0 Å². The number of carboxylic acid groups (broad SMARTS) is 1. The second kappa shape index (κ2) is 6.98.